The number of aromatic nitrogens is 11. The van der Waals surface area contributed by atoms with Crippen LogP contribution in [0.3, 0.4) is 0 Å². The third-order valence-electron chi connectivity index (χ3n) is 26.8. The lowest BCUT2D eigenvalue weighted by atomic mass is 10.1. The molecule has 0 unspecified atom stereocenters. The summed E-state index contributed by atoms with van der Waals surface area (Å²) in [6.45, 7) is 23.2. The second-order valence-corrected chi connectivity index (χ2v) is 35.3. The van der Waals surface area contributed by atoms with Crippen molar-refractivity contribution in [1.82, 2.24) is 59.7 Å². The fourth-order valence-corrected chi connectivity index (χ4v) is 20.6. The summed E-state index contributed by atoms with van der Waals surface area (Å²) >= 11 is 0. The van der Waals surface area contributed by atoms with E-state index in [4.69, 9.17) is 41.1 Å². The van der Waals surface area contributed by atoms with Crippen molar-refractivity contribution < 1.29 is 26.2 Å². The van der Waals surface area contributed by atoms with Crippen molar-refractivity contribution in [1.29, 1.82) is 0 Å². The third-order valence-corrected chi connectivity index (χ3v) is 26.8. The van der Waals surface area contributed by atoms with Crippen LogP contribution >= 0.6 is 0 Å². The van der Waals surface area contributed by atoms with Gasteiger partial charge in [0.1, 0.15) is 30.8 Å². The number of hydrogen-bond donors (Lipinski definition) is 0. The zero-order chi connectivity index (χ0) is 96.5. The van der Waals surface area contributed by atoms with E-state index in [1.807, 2.05) is 128 Å². The van der Waals surface area contributed by atoms with E-state index in [0.717, 1.165) is 201 Å². The smallest absolute Gasteiger partial charge is 0.227 e. The van der Waals surface area contributed by atoms with Gasteiger partial charge in [-0.05, 0) is 232 Å². The first-order valence-electron chi connectivity index (χ1n) is 47.8. The Labute approximate surface area is 799 Å². The maximum absolute atomic E-state index is 7.66. The van der Waals surface area contributed by atoms with E-state index in [0.29, 0.717) is 34.6 Å². The summed E-state index contributed by atoms with van der Waals surface area (Å²) in [5.74, 6) is 5.30. The van der Waals surface area contributed by atoms with E-state index < -0.39 is 6.98 Å². The number of para-hydroxylation sites is 3. The largest absolute Gasteiger partial charge is 0.435 e. The summed E-state index contributed by atoms with van der Waals surface area (Å²) in [6, 6.07) is 80.6. The molecule has 27 rings (SSSR count). The van der Waals surface area contributed by atoms with Crippen molar-refractivity contribution in [2.24, 2.45) is 0 Å². The van der Waals surface area contributed by atoms with Gasteiger partial charge in [0.05, 0.1) is 39.8 Å². The molecule has 0 radical (unpaired) electrons. The highest BCUT2D eigenvalue weighted by molar-refractivity contribution is 6.15. The Balaban J connectivity index is 0.0000000984. The normalized spacial score (nSPS) is 16.8. The van der Waals surface area contributed by atoms with Crippen LogP contribution in [0, 0.1) is 34.6 Å². The fourth-order valence-electron chi connectivity index (χ4n) is 20.6. The molecule has 22 aromatic rings. The minimum Gasteiger partial charge on any atom is -0.435 e. The molecular formula is C112H97N21O5. The summed E-state index contributed by atoms with van der Waals surface area (Å²) in [6.07, 6.45) is 22.6. The van der Waals surface area contributed by atoms with E-state index in [1.165, 1.54) is 4.90 Å². The van der Waals surface area contributed by atoms with Crippen LogP contribution in [0.5, 0.6) is 0 Å². The number of rotatable bonds is 9. The molecule has 14 aromatic heterocycles. The van der Waals surface area contributed by atoms with Crippen molar-refractivity contribution in [3.8, 4) is 0 Å². The fraction of sp³-hybridized carbons (Fsp3) is 0.170. The molecule has 0 aliphatic carbocycles. The molecule has 26 nitrogen and oxygen atoms in total. The average molecular weight is 1820 g/mol. The van der Waals surface area contributed by atoms with Crippen molar-refractivity contribution in [3.05, 3.63) is 345 Å². The summed E-state index contributed by atoms with van der Waals surface area (Å²) in [4.78, 5) is 71.6. The molecule has 0 saturated heterocycles. The van der Waals surface area contributed by atoms with Crippen LogP contribution in [0.15, 0.2) is 339 Å². The van der Waals surface area contributed by atoms with Gasteiger partial charge < -0.3 is 56.4 Å². The summed E-state index contributed by atoms with van der Waals surface area (Å²) < 4.78 is 54.0. The summed E-state index contributed by atoms with van der Waals surface area (Å²) in [5.41, 5.74) is 23.4. The minimum atomic E-state index is -2.18. The molecule has 0 amide bonds. The van der Waals surface area contributed by atoms with Gasteiger partial charge in [-0.15, -0.1) is 0 Å². The number of benzene rings is 8. The molecular weight excluding hydrogens is 1720 g/mol. The molecule has 138 heavy (non-hydrogen) atoms. The molecule has 0 N–H and O–H groups in total. The molecule has 5 aliphatic rings. The second kappa shape index (κ2) is 34.3. The van der Waals surface area contributed by atoms with Gasteiger partial charge in [-0.1, -0.05) is 115 Å². The van der Waals surface area contributed by atoms with Gasteiger partial charge in [0.15, 0.2) is 62.8 Å². The Bertz CT molecular complexity index is 8100. The third kappa shape index (κ3) is 13.9. The molecule has 0 fully saturated rings. The SMILES string of the molecule is Cc1ccc2c(oc3ncccc32)c1N1c2cccnc2N(c2ccccc2)[C@@H]1C.Cc1ccc2c(oc3ncccc32)c1N1c2ncccc2N(c2ccccc2)[C@@H]1C.Cc1ccc2c(oc3ncccc32)c1N1c2nccnc2N(C(C)C)[C@@H]1C.Cc1ccc2c(oc3ncccc32)c1N1c2nccnc2N(c2ccccc2)[C@@H]1C.[2H]C([2H])([2H])N1C=CN(c2c(C)ccc3c2oc2ncccc23)[C@H]1C. The predicted octanol–water partition coefficient (Wildman–Crippen LogP) is 27.0. The number of nitrogens with zero attached hydrogens (tertiary/aromatic N) is 21. The summed E-state index contributed by atoms with van der Waals surface area (Å²) in [7, 11) is 0. The lowest BCUT2D eigenvalue weighted by Crippen LogP contribution is -2.42. The number of fused-ring (bicyclic) bond motifs is 19. The van der Waals surface area contributed by atoms with Crippen LogP contribution in [-0.4, -0.2) is 104 Å². The molecule has 0 saturated carbocycles. The molecule has 0 bridgehead atoms. The van der Waals surface area contributed by atoms with Crippen LogP contribution in [-0.2, 0) is 0 Å². The molecule has 5 aliphatic heterocycles. The Morgan fingerprint density at radius 2 is 0.529 bits per heavy atom. The van der Waals surface area contributed by atoms with Crippen LogP contribution in [0.25, 0.3) is 110 Å². The monoisotopic (exact) mass is 1820 g/mol. The van der Waals surface area contributed by atoms with Gasteiger partial charge in [0.25, 0.3) is 0 Å². The minimum absolute atomic E-state index is 0.0303. The van der Waals surface area contributed by atoms with Gasteiger partial charge in [-0.3, -0.25) is 14.7 Å². The predicted molar refractivity (Wildman–Crippen MR) is 552 cm³/mol. The van der Waals surface area contributed by atoms with Gasteiger partial charge in [-0.2, -0.15) is 0 Å². The van der Waals surface area contributed by atoms with E-state index in [9.17, 15) is 0 Å². The van der Waals surface area contributed by atoms with Crippen LogP contribution in [0.2, 0.25) is 0 Å². The van der Waals surface area contributed by atoms with E-state index in [2.05, 4.69) is 288 Å². The average Bonchev–Trinajstić information content (AvgIpc) is 1.57. The van der Waals surface area contributed by atoms with Crippen molar-refractivity contribution in [3.63, 3.8) is 0 Å². The zero-order valence-electron chi connectivity index (χ0n) is 80.9. The maximum Gasteiger partial charge on any atom is 0.227 e. The first kappa shape index (κ1) is 81.5. The van der Waals surface area contributed by atoms with Gasteiger partial charge in [-0.25, -0.2) is 54.8 Å². The Kier molecular flexibility index (Phi) is 20.3. The highest BCUT2D eigenvalue weighted by Crippen LogP contribution is 2.55. The quantitative estimate of drug-likeness (QED) is 0.130. The standard InChI is InChI=1S/2C25H20N4O.C24H19N5O.C21H21N5O.C17H17N3O/c1-16-12-13-19-20-10-6-15-27-25(20)30-23(19)22(16)29-17(2)28(18-8-4-3-5-9-18)24-21(29)11-7-14-26-24;1-16-12-13-19-20-10-6-15-27-25(20)30-23(19)22(16)29-17(2)28(18-8-4-3-5-9-18)21-11-7-14-26-24(21)29;1-15-10-11-18-19-9-6-12-27-24(19)30-21(18)20(15)29-16(2)28(17-7-4-3-5-8-17)22-23(29)26-14-13-25-22;1-12(2)25-14(4)26(20-19(25)22-10-11-23-20)17-13(3)7-8-15-16-6-5-9-24-21(16)27-18(15)17;1-11-6-7-13-14-5-4-8-18-17(14)21-16(13)15(11)20-10-9-19(3)12(20)2/h2*3-15,17H,1-2H3;3-14,16H,1-2H3;5-12,14H,1-4H3;4-10,12H,1-3H3/t2*17-;16-;14-;12-/m00000/s1/i;;;;3D3. The molecule has 5 atom stereocenters. The van der Waals surface area contributed by atoms with Crippen LogP contribution in [0.4, 0.5) is 91.8 Å². The molecule has 0 spiro atoms. The van der Waals surface area contributed by atoms with Crippen LogP contribution in [0.1, 0.15) is 80.4 Å². The van der Waals surface area contributed by atoms with Crippen molar-refractivity contribution in [2.75, 3.05) is 51.1 Å². The van der Waals surface area contributed by atoms with Crippen molar-refractivity contribution in [2.45, 2.75) is 120 Å². The van der Waals surface area contributed by atoms with Gasteiger partial charge in [0, 0.05) is 169 Å². The Morgan fingerprint density at radius 1 is 0.246 bits per heavy atom. The highest BCUT2D eigenvalue weighted by atomic mass is 16.4. The van der Waals surface area contributed by atoms with E-state index in [1.54, 1.807) is 68.2 Å². The molecule has 680 valence electrons. The lowest BCUT2D eigenvalue weighted by molar-refractivity contribution is 0.383. The van der Waals surface area contributed by atoms with Crippen molar-refractivity contribution >= 4 is 202 Å². The Hall–Kier alpha value is -17.3. The number of anilines is 16. The Morgan fingerprint density at radius 3 is 0.913 bits per heavy atom. The first-order chi connectivity index (χ1) is 68.7. The van der Waals surface area contributed by atoms with E-state index >= 15 is 0 Å². The van der Waals surface area contributed by atoms with Gasteiger partial charge in [0.2, 0.25) is 28.6 Å². The topological polar surface area (TPSA) is 240 Å². The first-order valence-corrected chi connectivity index (χ1v) is 46.3. The molecule has 19 heterocycles. The number of aryl methyl sites for hydroxylation is 5. The molecule has 26 heteroatoms. The zero-order valence-corrected chi connectivity index (χ0v) is 77.9. The highest BCUT2D eigenvalue weighted by Gasteiger charge is 2.44. The second-order valence-electron chi connectivity index (χ2n) is 35.3. The lowest BCUT2D eigenvalue weighted by Gasteiger charge is -2.32. The summed E-state index contributed by atoms with van der Waals surface area (Å²) in [5, 5.41) is 10.3. The number of hydrogen-bond acceptors (Lipinski definition) is 26. The molecule has 8 aromatic carbocycles. The van der Waals surface area contributed by atoms with Crippen LogP contribution < -0.4 is 44.1 Å². The maximum atomic E-state index is 7.66. The number of furan rings is 5. The van der Waals surface area contributed by atoms with E-state index in [-0.39, 0.29) is 30.8 Å². The van der Waals surface area contributed by atoms with Gasteiger partial charge >= 0.3 is 0 Å². The number of pyridine rings is 7.